The standard InChI is InChI=1S/C26H32N4O6/c1-3-34-24(32)19-14-20-23(31)30(18-11-12-21-22(13-18)36-16-35-21)26(2,15-29(20)28-19)25(33)27-17-9-7-5-4-6-8-10-17/h11-14,17H,3-10,15-16H2,1-2H3,(H,27,33)/t26-/m0/s1. The lowest BCUT2D eigenvalue weighted by molar-refractivity contribution is -0.127. The number of aromatic nitrogens is 2. The second kappa shape index (κ2) is 9.83. The summed E-state index contributed by atoms with van der Waals surface area (Å²) in [6.07, 6.45) is 7.53. The molecule has 1 N–H and O–H groups in total. The Kier molecular flexibility index (Phi) is 6.59. The summed E-state index contributed by atoms with van der Waals surface area (Å²) in [6, 6.07) is 6.66. The van der Waals surface area contributed by atoms with E-state index in [1.54, 1.807) is 32.0 Å². The molecule has 5 rings (SSSR count). The molecular weight excluding hydrogens is 464 g/mol. The van der Waals surface area contributed by atoms with Crippen molar-refractivity contribution in [2.75, 3.05) is 18.3 Å². The minimum atomic E-state index is -1.29. The van der Waals surface area contributed by atoms with Crippen molar-refractivity contribution < 1.29 is 28.6 Å². The van der Waals surface area contributed by atoms with Crippen LogP contribution in [0.1, 0.15) is 79.8 Å². The van der Waals surface area contributed by atoms with Crippen LogP contribution in [-0.4, -0.2) is 52.5 Å². The average molecular weight is 497 g/mol. The smallest absolute Gasteiger partial charge is 0.358 e. The predicted octanol–water partition coefficient (Wildman–Crippen LogP) is 3.44. The molecule has 3 aliphatic rings. The Bertz CT molecular complexity index is 1170. The molecule has 0 saturated heterocycles. The van der Waals surface area contributed by atoms with Crippen LogP contribution in [-0.2, 0) is 16.1 Å². The number of nitrogens with zero attached hydrogens (tertiary/aromatic N) is 3. The molecule has 2 aliphatic heterocycles. The molecule has 0 spiro atoms. The zero-order chi connectivity index (χ0) is 25.3. The molecule has 1 aromatic heterocycles. The van der Waals surface area contributed by atoms with Crippen LogP contribution < -0.4 is 19.7 Å². The summed E-state index contributed by atoms with van der Waals surface area (Å²) in [5.41, 5.74) is -0.537. The molecule has 0 bridgehead atoms. The Morgan fingerprint density at radius 1 is 1.11 bits per heavy atom. The van der Waals surface area contributed by atoms with E-state index in [9.17, 15) is 14.4 Å². The zero-order valence-electron chi connectivity index (χ0n) is 20.7. The van der Waals surface area contributed by atoms with Crippen molar-refractivity contribution >= 4 is 23.5 Å². The van der Waals surface area contributed by atoms with Crippen molar-refractivity contribution in [1.82, 2.24) is 15.1 Å². The maximum absolute atomic E-state index is 13.9. The number of anilines is 1. The molecule has 1 aliphatic carbocycles. The zero-order valence-corrected chi connectivity index (χ0v) is 20.7. The summed E-state index contributed by atoms with van der Waals surface area (Å²) < 4.78 is 17.5. The fourth-order valence-electron chi connectivity index (χ4n) is 5.26. The Morgan fingerprint density at radius 3 is 2.58 bits per heavy atom. The third-order valence-electron chi connectivity index (χ3n) is 7.18. The highest BCUT2D eigenvalue weighted by Gasteiger charge is 2.49. The van der Waals surface area contributed by atoms with E-state index >= 15 is 0 Å². The van der Waals surface area contributed by atoms with E-state index in [0.29, 0.717) is 17.2 Å². The molecule has 2 aromatic rings. The lowest BCUT2D eigenvalue weighted by Gasteiger charge is -2.43. The van der Waals surface area contributed by atoms with Gasteiger partial charge in [-0.15, -0.1) is 0 Å². The first-order valence-corrected chi connectivity index (χ1v) is 12.7. The van der Waals surface area contributed by atoms with Crippen molar-refractivity contribution in [3.63, 3.8) is 0 Å². The minimum Gasteiger partial charge on any atom is -0.461 e. The molecule has 1 atom stereocenters. The molecule has 3 heterocycles. The second-order valence-corrected chi connectivity index (χ2v) is 9.76. The molecule has 1 saturated carbocycles. The molecule has 192 valence electrons. The van der Waals surface area contributed by atoms with Gasteiger partial charge >= 0.3 is 5.97 Å². The number of carbonyl (C=O) groups excluding carboxylic acids is 3. The first-order valence-electron chi connectivity index (χ1n) is 12.7. The van der Waals surface area contributed by atoms with Crippen molar-refractivity contribution in [3.8, 4) is 11.5 Å². The van der Waals surface area contributed by atoms with E-state index in [-0.39, 0.29) is 43.3 Å². The number of esters is 1. The van der Waals surface area contributed by atoms with Gasteiger partial charge in [0.15, 0.2) is 17.2 Å². The van der Waals surface area contributed by atoms with E-state index in [1.165, 1.54) is 34.9 Å². The summed E-state index contributed by atoms with van der Waals surface area (Å²) in [4.78, 5) is 41.6. The number of ether oxygens (including phenoxy) is 3. The SMILES string of the molecule is CCOC(=O)c1cc2n(n1)C[C@@](C)(C(=O)NC1CCCCCCC1)N(c1ccc3c(c1)OCO3)C2=O. The average Bonchev–Trinajstić information content (AvgIpc) is 3.47. The molecule has 1 fully saturated rings. The summed E-state index contributed by atoms with van der Waals surface area (Å²) in [5.74, 6) is -0.202. The van der Waals surface area contributed by atoms with Crippen LogP contribution >= 0.6 is 0 Å². The van der Waals surface area contributed by atoms with Crippen LogP contribution in [0.4, 0.5) is 5.69 Å². The van der Waals surface area contributed by atoms with Gasteiger partial charge in [-0.25, -0.2) is 4.79 Å². The van der Waals surface area contributed by atoms with Gasteiger partial charge in [0.05, 0.1) is 13.2 Å². The maximum Gasteiger partial charge on any atom is 0.358 e. The molecule has 10 nitrogen and oxygen atoms in total. The van der Waals surface area contributed by atoms with Gasteiger partial charge in [-0.1, -0.05) is 32.1 Å². The normalized spacial score (nSPS) is 21.9. The van der Waals surface area contributed by atoms with Crippen LogP contribution in [0.2, 0.25) is 0 Å². The van der Waals surface area contributed by atoms with E-state index in [1.807, 2.05) is 0 Å². The van der Waals surface area contributed by atoms with Gasteiger partial charge in [-0.2, -0.15) is 5.10 Å². The van der Waals surface area contributed by atoms with Crippen molar-refractivity contribution in [2.45, 2.75) is 76.9 Å². The number of benzene rings is 1. The van der Waals surface area contributed by atoms with Gasteiger partial charge in [0.25, 0.3) is 5.91 Å². The monoisotopic (exact) mass is 496 g/mol. The molecule has 0 unspecified atom stereocenters. The molecule has 10 heteroatoms. The lowest BCUT2D eigenvalue weighted by atomic mass is 9.91. The Balaban J connectivity index is 1.52. The van der Waals surface area contributed by atoms with Crippen molar-refractivity contribution in [1.29, 1.82) is 0 Å². The Hall–Kier alpha value is -3.56. The predicted molar refractivity (Wildman–Crippen MR) is 130 cm³/mol. The summed E-state index contributed by atoms with van der Waals surface area (Å²) in [6.45, 7) is 3.82. The quantitative estimate of drug-likeness (QED) is 0.631. The molecule has 36 heavy (non-hydrogen) atoms. The van der Waals surface area contributed by atoms with Crippen LogP contribution in [0.25, 0.3) is 0 Å². The first-order chi connectivity index (χ1) is 17.4. The largest absolute Gasteiger partial charge is 0.461 e. The Morgan fingerprint density at radius 2 is 1.83 bits per heavy atom. The third kappa shape index (κ3) is 4.40. The maximum atomic E-state index is 13.9. The van der Waals surface area contributed by atoms with Crippen molar-refractivity contribution in [2.24, 2.45) is 0 Å². The number of carbonyl (C=O) groups is 3. The number of rotatable bonds is 5. The molecule has 1 aromatic carbocycles. The highest BCUT2D eigenvalue weighted by atomic mass is 16.7. The van der Waals surface area contributed by atoms with Gasteiger partial charge in [-0.05, 0) is 38.8 Å². The highest BCUT2D eigenvalue weighted by molar-refractivity contribution is 6.12. The van der Waals surface area contributed by atoms with Crippen LogP contribution in [0.5, 0.6) is 11.5 Å². The second-order valence-electron chi connectivity index (χ2n) is 9.76. The van der Waals surface area contributed by atoms with Gasteiger partial charge in [0, 0.05) is 23.9 Å². The third-order valence-corrected chi connectivity index (χ3v) is 7.18. The number of amides is 2. The summed E-state index contributed by atoms with van der Waals surface area (Å²) >= 11 is 0. The van der Waals surface area contributed by atoms with E-state index in [4.69, 9.17) is 14.2 Å². The van der Waals surface area contributed by atoms with Crippen LogP contribution in [0, 0.1) is 0 Å². The van der Waals surface area contributed by atoms with Gasteiger partial charge in [0.2, 0.25) is 12.7 Å². The van der Waals surface area contributed by atoms with E-state index < -0.39 is 17.4 Å². The van der Waals surface area contributed by atoms with Gasteiger partial charge in [0.1, 0.15) is 11.2 Å². The topological polar surface area (TPSA) is 112 Å². The van der Waals surface area contributed by atoms with Gasteiger partial charge < -0.3 is 19.5 Å². The fraction of sp³-hybridized carbons (Fsp3) is 0.538. The highest BCUT2D eigenvalue weighted by Crippen LogP contribution is 2.40. The first kappa shape index (κ1) is 24.1. The van der Waals surface area contributed by atoms with Crippen molar-refractivity contribution in [3.05, 3.63) is 35.7 Å². The molecular formula is C26H32N4O6. The van der Waals surface area contributed by atoms with Crippen LogP contribution in [0.15, 0.2) is 24.3 Å². The summed E-state index contributed by atoms with van der Waals surface area (Å²) in [5, 5.41) is 7.56. The number of hydrogen-bond donors (Lipinski definition) is 1. The van der Waals surface area contributed by atoms with Crippen LogP contribution in [0.3, 0.4) is 0 Å². The molecule has 0 radical (unpaired) electrons. The Labute approximate surface area is 209 Å². The number of hydrogen-bond acceptors (Lipinski definition) is 7. The number of fused-ring (bicyclic) bond motifs is 2. The van der Waals surface area contributed by atoms with E-state index in [0.717, 1.165) is 25.7 Å². The molecule has 2 amide bonds. The van der Waals surface area contributed by atoms with E-state index in [2.05, 4.69) is 10.4 Å². The fourth-order valence-corrected chi connectivity index (χ4v) is 5.26. The summed E-state index contributed by atoms with van der Waals surface area (Å²) in [7, 11) is 0. The lowest BCUT2D eigenvalue weighted by Crippen LogP contribution is -2.65. The number of nitrogens with one attached hydrogen (secondary N) is 1. The van der Waals surface area contributed by atoms with Gasteiger partial charge in [-0.3, -0.25) is 19.2 Å². The minimum absolute atomic E-state index is 0.0375.